The zero-order valence-corrected chi connectivity index (χ0v) is 14.2. The molecule has 0 amide bonds. The smallest absolute Gasteiger partial charge is 0.240 e. The molecule has 1 aliphatic rings. The van der Waals surface area contributed by atoms with Crippen molar-refractivity contribution in [1.82, 2.24) is 10.0 Å². The molecule has 4 nitrogen and oxygen atoms in total. The third-order valence-electron chi connectivity index (χ3n) is 3.83. The molecule has 1 fully saturated rings. The second-order valence-electron chi connectivity index (χ2n) is 5.49. The molecule has 0 radical (unpaired) electrons. The van der Waals surface area contributed by atoms with Gasteiger partial charge in [-0.25, -0.2) is 17.5 Å². The van der Waals surface area contributed by atoms with E-state index in [1.807, 2.05) is 0 Å². The molecule has 1 aromatic rings. The van der Waals surface area contributed by atoms with Crippen molar-refractivity contribution >= 4 is 22.4 Å². The van der Waals surface area contributed by atoms with E-state index in [4.69, 9.17) is 0 Å². The van der Waals surface area contributed by atoms with E-state index in [0.717, 1.165) is 12.1 Å². The normalized spacial score (nSPS) is 16.8. The predicted molar refractivity (Wildman–Crippen MR) is 88.3 cm³/mol. The Hall–Kier alpha value is -0.690. The lowest BCUT2D eigenvalue weighted by Crippen LogP contribution is -2.36. The first-order chi connectivity index (χ1) is 10.1. The van der Waals surface area contributed by atoms with Gasteiger partial charge >= 0.3 is 0 Å². The van der Waals surface area contributed by atoms with Crippen molar-refractivity contribution in [2.75, 3.05) is 13.1 Å². The summed E-state index contributed by atoms with van der Waals surface area (Å²) in [4.78, 5) is 0.0957. The van der Waals surface area contributed by atoms with Crippen LogP contribution in [0.25, 0.3) is 0 Å². The van der Waals surface area contributed by atoms with E-state index >= 15 is 0 Å². The van der Waals surface area contributed by atoms with Crippen LogP contribution in [0, 0.1) is 5.82 Å². The van der Waals surface area contributed by atoms with Gasteiger partial charge in [0.25, 0.3) is 0 Å². The van der Waals surface area contributed by atoms with E-state index in [0.29, 0.717) is 19.1 Å². The Morgan fingerprint density at radius 3 is 2.18 bits per heavy atom. The summed E-state index contributed by atoms with van der Waals surface area (Å²) >= 11 is 0. The Bertz CT molecular complexity index is 529. The van der Waals surface area contributed by atoms with Crippen molar-refractivity contribution in [2.45, 2.75) is 49.5 Å². The molecule has 0 atom stereocenters. The number of benzene rings is 1. The van der Waals surface area contributed by atoms with Gasteiger partial charge in [-0.05, 0) is 37.1 Å². The number of hydrogen-bond acceptors (Lipinski definition) is 3. The lowest BCUT2D eigenvalue weighted by Gasteiger charge is -2.16. The Labute approximate surface area is 138 Å². The summed E-state index contributed by atoms with van der Waals surface area (Å²) in [5.41, 5.74) is 0. The van der Waals surface area contributed by atoms with Gasteiger partial charge in [0.1, 0.15) is 5.82 Å². The first-order valence-corrected chi connectivity index (χ1v) is 9.05. The standard InChI is InChI=1S/C15H23FN2O2S.ClH/c16-13-7-9-15(10-8-13)21(19,20)18-12-11-17-14-5-3-1-2-4-6-14;/h7-10,14,17-18H,1-6,11-12H2;1H. The Balaban J connectivity index is 0.00000242. The molecule has 1 aliphatic carbocycles. The molecule has 7 heteroatoms. The molecular weight excluding hydrogens is 327 g/mol. The fourth-order valence-corrected chi connectivity index (χ4v) is 3.67. The first kappa shape index (κ1) is 19.4. The Kier molecular flexibility index (Phi) is 8.31. The highest BCUT2D eigenvalue weighted by atomic mass is 35.5. The van der Waals surface area contributed by atoms with Gasteiger partial charge in [-0.15, -0.1) is 12.4 Å². The minimum absolute atomic E-state index is 0. The quantitative estimate of drug-likeness (QED) is 0.612. The van der Waals surface area contributed by atoms with Crippen LogP contribution in [0.2, 0.25) is 0 Å². The fourth-order valence-electron chi connectivity index (χ4n) is 2.64. The third kappa shape index (κ3) is 6.20. The topological polar surface area (TPSA) is 58.2 Å². The van der Waals surface area contributed by atoms with Crippen LogP contribution >= 0.6 is 12.4 Å². The average Bonchev–Trinajstić information content (AvgIpc) is 2.73. The number of rotatable bonds is 6. The van der Waals surface area contributed by atoms with E-state index in [1.54, 1.807) is 0 Å². The van der Waals surface area contributed by atoms with Crippen molar-refractivity contribution in [1.29, 1.82) is 0 Å². The monoisotopic (exact) mass is 350 g/mol. The SMILES string of the molecule is Cl.O=S(=O)(NCCNC1CCCCCC1)c1ccc(F)cc1. The summed E-state index contributed by atoms with van der Waals surface area (Å²) in [6.07, 6.45) is 7.44. The summed E-state index contributed by atoms with van der Waals surface area (Å²) in [6, 6.07) is 5.35. The van der Waals surface area contributed by atoms with Gasteiger partial charge in [0, 0.05) is 19.1 Å². The largest absolute Gasteiger partial charge is 0.313 e. The van der Waals surface area contributed by atoms with E-state index < -0.39 is 15.8 Å². The van der Waals surface area contributed by atoms with Crippen LogP contribution in [0.3, 0.4) is 0 Å². The van der Waals surface area contributed by atoms with Gasteiger partial charge in [0.2, 0.25) is 10.0 Å². The highest BCUT2D eigenvalue weighted by molar-refractivity contribution is 7.89. The lowest BCUT2D eigenvalue weighted by atomic mass is 10.1. The van der Waals surface area contributed by atoms with E-state index in [2.05, 4.69) is 10.0 Å². The number of nitrogens with one attached hydrogen (secondary N) is 2. The predicted octanol–water partition coefficient (Wildman–Crippen LogP) is 2.84. The van der Waals surface area contributed by atoms with Gasteiger partial charge in [-0.1, -0.05) is 25.7 Å². The van der Waals surface area contributed by atoms with Crippen molar-refractivity contribution in [3.8, 4) is 0 Å². The lowest BCUT2D eigenvalue weighted by molar-refractivity contribution is 0.461. The van der Waals surface area contributed by atoms with E-state index in [-0.39, 0.29) is 17.3 Å². The molecule has 0 bridgehead atoms. The molecule has 126 valence electrons. The minimum Gasteiger partial charge on any atom is -0.313 e. The molecule has 0 aliphatic heterocycles. The molecule has 2 N–H and O–H groups in total. The Morgan fingerprint density at radius 2 is 1.59 bits per heavy atom. The summed E-state index contributed by atoms with van der Waals surface area (Å²) in [7, 11) is -3.54. The zero-order valence-electron chi connectivity index (χ0n) is 12.6. The number of halogens is 2. The third-order valence-corrected chi connectivity index (χ3v) is 5.31. The highest BCUT2D eigenvalue weighted by Crippen LogP contribution is 2.16. The van der Waals surface area contributed by atoms with Crippen molar-refractivity contribution in [3.05, 3.63) is 30.1 Å². The summed E-state index contributed by atoms with van der Waals surface area (Å²) in [5, 5.41) is 3.41. The second-order valence-corrected chi connectivity index (χ2v) is 7.26. The van der Waals surface area contributed by atoms with Crippen LogP contribution in [0.15, 0.2) is 29.2 Å². The second kappa shape index (κ2) is 9.45. The summed E-state index contributed by atoms with van der Waals surface area (Å²) in [5.74, 6) is -0.441. The maximum Gasteiger partial charge on any atom is 0.240 e. The molecule has 1 saturated carbocycles. The minimum atomic E-state index is -3.54. The van der Waals surface area contributed by atoms with Gasteiger partial charge in [0.05, 0.1) is 4.90 Å². The van der Waals surface area contributed by atoms with E-state index in [1.165, 1.54) is 50.7 Å². The first-order valence-electron chi connectivity index (χ1n) is 7.56. The molecule has 0 saturated heterocycles. The van der Waals surface area contributed by atoms with Crippen LogP contribution in [0.4, 0.5) is 4.39 Å². The van der Waals surface area contributed by atoms with Gasteiger partial charge in [-0.2, -0.15) is 0 Å². The molecule has 0 spiro atoms. The molecule has 2 rings (SSSR count). The maximum atomic E-state index is 12.8. The Morgan fingerprint density at radius 1 is 1.00 bits per heavy atom. The van der Waals surface area contributed by atoms with Crippen molar-refractivity contribution in [2.24, 2.45) is 0 Å². The summed E-state index contributed by atoms with van der Waals surface area (Å²) in [6.45, 7) is 0.960. The van der Waals surface area contributed by atoms with Crippen LogP contribution in [0.1, 0.15) is 38.5 Å². The molecule has 1 aromatic carbocycles. The maximum absolute atomic E-state index is 12.8. The van der Waals surface area contributed by atoms with Crippen LogP contribution in [-0.2, 0) is 10.0 Å². The van der Waals surface area contributed by atoms with Crippen LogP contribution in [-0.4, -0.2) is 27.5 Å². The van der Waals surface area contributed by atoms with Crippen LogP contribution < -0.4 is 10.0 Å². The number of sulfonamides is 1. The molecule has 22 heavy (non-hydrogen) atoms. The van der Waals surface area contributed by atoms with Gasteiger partial charge in [-0.3, -0.25) is 0 Å². The van der Waals surface area contributed by atoms with Crippen molar-refractivity contribution < 1.29 is 12.8 Å². The average molecular weight is 351 g/mol. The van der Waals surface area contributed by atoms with Crippen molar-refractivity contribution in [3.63, 3.8) is 0 Å². The zero-order chi connectivity index (χ0) is 15.1. The molecule has 0 heterocycles. The fraction of sp³-hybridized carbons (Fsp3) is 0.600. The van der Waals surface area contributed by atoms with Crippen LogP contribution in [0.5, 0.6) is 0 Å². The molecule has 0 aromatic heterocycles. The van der Waals surface area contributed by atoms with E-state index in [9.17, 15) is 12.8 Å². The van der Waals surface area contributed by atoms with Gasteiger partial charge < -0.3 is 5.32 Å². The number of hydrogen-bond donors (Lipinski definition) is 2. The molecule has 0 unspecified atom stereocenters. The van der Waals surface area contributed by atoms with Gasteiger partial charge in [0.15, 0.2) is 0 Å². The summed E-state index contributed by atoms with van der Waals surface area (Å²) < 4.78 is 39.3. The highest BCUT2D eigenvalue weighted by Gasteiger charge is 2.14. The molecular formula is C15H24ClFN2O2S.